The highest BCUT2D eigenvalue weighted by Gasteiger charge is 2.36. The van der Waals surface area contributed by atoms with E-state index in [0.717, 1.165) is 25.9 Å². The lowest BCUT2D eigenvalue weighted by Crippen LogP contribution is -2.52. The van der Waals surface area contributed by atoms with Crippen molar-refractivity contribution in [2.45, 2.75) is 44.8 Å². The van der Waals surface area contributed by atoms with Crippen molar-refractivity contribution in [3.05, 3.63) is 34.6 Å². The third-order valence-electron chi connectivity index (χ3n) is 4.20. The number of benzene rings is 1. The molecule has 106 valence electrons. The fourth-order valence-electron chi connectivity index (χ4n) is 2.67. The second-order valence-corrected chi connectivity index (χ2v) is 6.18. The number of hydrogen-bond donors (Lipinski definition) is 1. The van der Waals surface area contributed by atoms with Gasteiger partial charge in [0, 0.05) is 22.5 Å². The van der Waals surface area contributed by atoms with Crippen LogP contribution in [-0.4, -0.2) is 34.7 Å². The van der Waals surface area contributed by atoms with Crippen LogP contribution in [0.1, 0.15) is 32.3 Å². The quantitative estimate of drug-likeness (QED) is 0.918. The summed E-state index contributed by atoms with van der Waals surface area (Å²) in [6, 6.07) is 4.63. The molecule has 1 atom stereocenters. The maximum Gasteiger partial charge on any atom is 0.127 e. The molecule has 1 fully saturated rings. The summed E-state index contributed by atoms with van der Waals surface area (Å²) in [5.41, 5.74) is 0.0474. The summed E-state index contributed by atoms with van der Waals surface area (Å²) in [7, 11) is 0. The van der Waals surface area contributed by atoms with Crippen molar-refractivity contribution < 1.29 is 9.50 Å². The smallest absolute Gasteiger partial charge is 0.127 e. The summed E-state index contributed by atoms with van der Waals surface area (Å²) >= 11 is 6.02. The summed E-state index contributed by atoms with van der Waals surface area (Å²) in [4.78, 5) is 2.27. The van der Waals surface area contributed by atoms with Crippen LogP contribution in [0, 0.1) is 5.82 Å². The minimum atomic E-state index is -0.639. The van der Waals surface area contributed by atoms with Gasteiger partial charge < -0.3 is 5.11 Å². The highest BCUT2D eigenvalue weighted by molar-refractivity contribution is 6.31. The van der Waals surface area contributed by atoms with Crippen LogP contribution < -0.4 is 0 Å². The van der Waals surface area contributed by atoms with E-state index in [-0.39, 0.29) is 17.8 Å². The van der Waals surface area contributed by atoms with Crippen LogP contribution in [0.4, 0.5) is 4.39 Å². The summed E-state index contributed by atoms with van der Waals surface area (Å²) < 4.78 is 13.8. The Morgan fingerprint density at radius 3 is 2.58 bits per heavy atom. The van der Waals surface area contributed by atoms with Gasteiger partial charge >= 0.3 is 0 Å². The number of hydrogen-bond acceptors (Lipinski definition) is 2. The number of aliphatic hydroxyl groups excluding tert-OH is 1. The molecule has 1 aliphatic heterocycles. The second kappa shape index (κ2) is 5.78. The minimum absolute atomic E-state index is 0.245. The van der Waals surface area contributed by atoms with Gasteiger partial charge in [0.15, 0.2) is 0 Å². The van der Waals surface area contributed by atoms with Crippen LogP contribution in [0.15, 0.2) is 18.2 Å². The molecule has 1 aliphatic rings. The maximum atomic E-state index is 13.8. The number of likely N-dealkylation sites (tertiary alicyclic amines) is 1. The van der Waals surface area contributed by atoms with Crippen molar-refractivity contribution in [3.63, 3.8) is 0 Å². The Bertz CT molecular complexity index is 424. The Kier molecular flexibility index (Phi) is 4.49. The average Bonchev–Trinajstić information content (AvgIpc) is 2.88. The number of rotatable bonds is 4. The van der Waals surface area contributed by atoms with Gasteiger partial charge in [-0.15, -0.1) is 0 Å². The fraction of sp³-hybridized carbons (Fsp3) is 0.600. The van der Waals surface area contributed by atoms with Crippen molar-refractivity contribution in [2.24, 2.45) is 0 Å². The van der Waals surface area contributed by atoms with Crippen LogP contribution in [0.3, 0.4) is 0 Å². The van der Waals surface area contributed by atoms with Crippen molar-refractivity contribution in [1.29, 1.82) is 0 Å². The monoisotopic (exact) mass is 285 g/mol. The summed E-state index contributed by atoms with van der Waals surface area (Å²) in [6.07, 6.45) is 1.93. The first-order valence-electron chi connectivity index (χ1n) is 6.79. The van der Waals surface area contributed by atoms with Crippen LogP contribution in [0.5, 0.6) is 0 Å². The lowest BCUT2D eigenvalue weighted by Gasteiger charge is -2.39. The van der Waals surface area contributed by atoms with Crippen LogP contribution in [0.25, 0.3) is 0 Å². The van der Waals surface area contributed by atoms with Crippen molar-refractivity contribution >= 4 is 11.6 Å². The van der Waals surface area contributed by atoms with Gasteiger partial charge in [-0.05, 0) is 51.9 Å². The highest BCUT2D eigenvalue weighted by atomic mass is 35.5. The fourth-order valence-corrected chi connectivity index (χ4v) is 2.91. The van der Waals surface area contributed by atoms with Gasteiger partial charge in [0.1, 0.15) is 5.82 Å². The van der Waals surface area contributed by atoms with E-state index in [1.807, 2.05) is 13.8 Å². The lowest BCUT2D eigenvalue weighted by atomic mass is 9.90. The van der Waals surface area contributed by atoms with Gasteiger partial charge in [0.05, 0.1) is 6.10 Å². The molecular weight excluding hydrogens is 265 g/mol. The molecule has 0 bridgehead atoms. The molecule has 1 aromatic rings. The highest BCUT2D eigenvalue weighted by Crippen LogP contribution is 2.28. The molecule has 0 aromatic heterocycles. The van der Waals surface area contributed by atoms with E-state index in [1.165, 1.54) is 6.07 Å². The van der Waals surface area contributed by atoms with Crippen LogP contribution in [0.2, 0.25) is 5.02 Å². The van der Waals surface area contributed by atoms with Gasteiger partial charge in [0.2, 0.25) is 0 Å². The molecular formula is C15H21ClFNO. The zero-order valence-electron chi connectivity index (χ0n) is 11.5. The second-order valence-electron chi connectivity index (χ2n) is 5.77. The summed E-state index contributed by atoms with van der Waals surface area (Å²) in [6.45, 7) is 6.01. The zero-order chi connectivity index (χ0) is 14.0. The molecule has 0 saturated carbocycles. The average molecular weight is 286 g/mol. The van der Waals surface area contributed by atoms with E-state index in [4.69, 9.17) is 11.6 Å². The van der Waals surface area contributed by atoms with Crippen LogP contribution in [-0.2, 0) is 6.42 Å². The third-order valence-corrected chi connectivity index (χ3v) is 4.55. The Morgan fingerprint density at radius 2 is 2.00 bits per heavy atom. The van der Waals surface area contributed by atoms with E-state index in [1.54, 1.807) is 12.1 Å². The van der Waals surface area contributed by atoms with E-state index in [9.17, 15) is 9.50 Å². The first-order chi connectivity index (χ1) is 8.93. The van der Waals surface area contributed by atoms with E-state index in [2.05, 4.69) is 4.90 Å². The molecule has 0 aliphatic carbocycles. The Hall–Kier alpha value is -0.640. The SMILES string of the molecule is CC(C)(C(O)Cc1c(F)cccc1Cl)N1CCCC1. The van der Waals surface area contributed by atoms with Gasteiger partial charge in [-0.3, -0.25) is 4.90 Å². The number of aliphatic hydroxyl groups is 1. The molecule has 4 heteroatoms. The molecule has 1 aromatic carbocycles. The maximum absolute atomic E-state index is 13.8. The zero-order valence-corrected chi connectivity index (χ0v) is 12.3. The summed E-state index contributed by atoms with van der Waals surface area (Å²) in [5, 5.41) is 10.9. The minimum Gasteiger partial charge on any atom is -0.391 e. The van der Waals surface area contributed by atoms with E-state index < -0.39 is 6.10 Å². The molecule has 2 nitrogen and oxygen atoms in total. The molecule has 2 rings (SSSR count). The van der Waals surface area contributed by atoms with Crippen LogP contribution >= 0.6 is 11.6 Å². The van der Waals surface area contributed by atoms with Crippen molar-refractivity contribution in [1.82, 2.24) is 4.90 Å². The topological polar surface area (TPSA) is 23.5 Å². The molecule has 1 unspecified atom stereocenters. The molecule has 1 N–H and O–H groups in total. The van der Waals surface area contributed by atoms with Gasteiger partial charge in [0.25, 0.3) is 0 Å². The Labute approximate surface area is 119 Å². The van der Waals surface area contributed by atoms with Gasteiger partial charge in [-0.2, -0.15) is 0 Å². The first-order valence-corrected chi connectivity index (χ1v) is 7.16. The Balaban J connectivity index is 2.13. The standard InChI is InChI=1S/C15H21ClFNO/c1-15(2,18-8-3-4-9-18)14(19)10-11-12(16)6-5-7-13(11)17/h5-7,14,19H,3-4,8-10H2,1-2H3. The predicted octanol–water partition coefficient (Wildman–Crippen LogP) is 3.26. The molecule has 0 amide bonds. The molecule has 1 saturated heterocycles. The summed E-state index contributed by atoms with van der Waals surface area (Å²) in [5.74, 6) is -0.344. The Morgan fingerprint density at radius 1 is 1.37 bits per heavy atom. The van der Waals surface area contributed by atoms with Gasteiger partial charge in [-0.25, -0.2) is 4.39 Å². The molecule has 19 heavy (non-hydrogen) atoms. The van der Waals surface area contributed by atoms with E-state index in [0.29, 0.717) is 10.6 Å². The molecule has 0 spiro atoms. The third kappa shape index (κ3) is 3.10. The lowest BCUT2D eigenvalue weighted by molar-refractivity contribution is 0.00296. The first kappa shape index (κ1) is 14.8. The largest absolute Gasteiger partial charge is 0.391 e. The van der Waals surface area contributed by atoms with Gasteiger partial charge in [-0.1, -0.05) is 17.7 Å². The van der Waals surface area contributed by atoms with Crippen molar-refractivity contribution in [2.75, 3.05) is 13.1 Å². The normalized spacial score (nSPS) is 18.8. The van der Waals surface area contributed by atoms with E-state index >= 15 is 0 Å². The molecule has 0 radical (unpaired) electrons. The number of nitrogens with zero attached hydrogens (tertiary/aromatic N) is 1. The number of halogens is 2. The van der Waals surface area contributed by atoms with Crippen molar-refractivity contribution in [3.8, 4) is 0 Å². The molecule has 1 heterocycles. The predicted molar refractivity (Wildman–Crippen MR) is 76.0 cm³/mol.